The molecule has 2 N–H and O–H groups in total. The first kappa shape index (κ1) is 14.4. The quantitative estimate of drug-likeness (QED) is 0.852. The molecule has 20 heavy (non-hydrogen) atoms. The van der Waals surface area contributed by atoms with E-state index >= 15 is 0 Å². The predicted molar refractivity (Wildman–Crippen MR) is 62.7 cm³/mol. The van der Waals surface area contributed by atoms with Crippen LogP contribution in [0.1, 0.15) is 12.0 Å². The highest BCUT2D eigenvalue weighted by Gasteiger charge is 2.35. The van der Waals surface area contributed by atoms with Crippen LogP contribution in [0.25, 0.3) is 0 Å². The van der Waals surface area contributed by atoms with E-state index < -0.39 is 29.8 Å². The number of hydrogen-bond donors (Lipinski definition) is 1. The number of carbonyl (C=O) groups excluding carboxylic acids is 1. The Labute approximate surface area is 112 Å². The highest BCUT2D eigenvalue weighted by atomic mass is 19.4. The van der Waals surface area contributed by atoms with E-state index in [4.69, 9.17) is 10.5 Å². The maximum absolute atomic E-state index is 13.2. The number of alkyl halides is 3. The number of anilines is 1. The van der Waals surface area contributed by atoms with Gasteiger partial charge in [-0.2, -0.15) is 13.2 Å². The first-order valence-corrected chi connectivity index (χ1v) is 5.85. The van der Waals surface area contributed by atoms with Gasteiger partial charge in [-0.3, -0.25) is 0 Å². The number of hydrogen-bond acceptors (Lipinski definition) is 3. The van der Waals surface area contributed by atoms with Crippen LogP contribution < -0.4 is 10.6 Å². The van der Waals surface area contributed by atoms with Gasteiger partial charge in [0.25, 0.3) is 0 Å². The molecule has 4 nitrogen and oxygen atoms in total. The highest BCUT2D eigenvalue weighted by Crippen LogP contribution is 2.34. The third-order valence-electron chi connectivity index (χ3n) is 3.05. The summed E-state index contributed by atoms with van der Waals surface area (Å²) in [7, 11) is 0. The Morgan fingerprint density at radius 2 is 2.10 bits per heavy atom. The van der Waals surface area contributed by atoms with E-state index in [9.17, 15) is 22.4 Å². The summed E-state index contributed by atoms with van der Waals surface area (Å²) in [4.78, 5) is 12.2. The molecule has 110 valence electrons. The number of halogens is 4. The van der Waals surface area contributed by atoms with Crippen molar-refractivity contribution in [3.63, 3.8) is 0 Å². The molecule has 1 atom stereocenters. The molecule has 8 heteroatoms. The monoisotopic (exact) mass is 292 g/mol. The van der Waals surface area contributed by atoms with Crippen LogP contribution >= 0.6 is 0 Å². The van der Waals surface area contributed by atoms with E-state index in [1.807, 2.05) is 0 Å². The number of nitrogens with zero attached hydrogens (tertiary/aromatic N) is 1. The van der Waals surface area contributed by atoms with Crippen LogP contribution in [0, 0.1) is 5.82 Å². The molecule has 0 bridgehead atoms. The Morgan fingerprint density at radius 1 is 1.40 bits per heavy atom. The smallest absolute Gasteiger partial charge is 0.419 e. The number of carbonyl (C=O) groups is 1. The number of benzene rings is 1. The standard InChI is InChI=1S/C12H12F4N2O2/c13-10-2-1-7(5-9(10)12(14,15)16)18-4-3-8(6-18)20-11(17)19/h1-2,5,8H,3-4,6H2,(H2,17,19)/t8-/m1/s1. The molecule has 0 aliphatic carbocycles. The lowest BCUT2D eigenvalue weighted by Crippen LogP contribution is -2.27. The molecule has 0 spiro atoms. The molecule has 0 unspecified atom stereocenters. The van der Waals surface area contributed by atoms with Crippen LogP contribution in [0.3, 0.4) is 0 Å². The van der Waals surface area contributed by atoms with Crippen molar-refractivity contribution in [2.24, 2.45) is 5.73 Å². The molecule has 1 aromatic carbocycles. The van der Waals surface area contributed by atoms with Gasteiger partial charge in [-0.15, -0.1) is 0 Å². The van der Waals surface area contributed by atoms with E-state index in [-0.39, 0.29) is 12.2 Å². The molecular weight excluding hydrogens is 280 g/mol. The van der Waals surface area contributed by atoms with Crippen molar-refractivity contribution in [2.75, 3.05) is 18.0 Å². The van der Waals surface area contributed by atoms with Gasteiger partial charge < -0.3 is 15.4 Å². The molecule has 1 amide bonds. The fraction of sp³-hybridized carbons (Fsp3) is 0.417. The second-order valence-electron chi connectivity index (χ2n) is 4.46. The van der Waals surface area contributed by atoms with Crippen molar-refractivity contribution >= 4 is 11.8 Å². The summed E-state index contributed by atoms with van der Waals surface area (Å²) in [6.45, 7) is 0.632. The van der Waals surface area contributed by atoms with Gasteiger partial charge in [0.1, 0.15) is 11.9 Å². The second-order valence-corrected chi connectivity index (χ2v) is 4.46. The summed E-state index contributed by atoms with van der Waals surface area (Å²) in [5.74, 6) is -1.31. The van der Waals surface area contributed by atoms with E-state index in [1.54, 1.807) is 4.90 Å². The van der Waals surface area contributed by atoms with Gasteiger partial charge in [0.15, 0.2) is 0 Å². The van der Waals surface area contributed by atoms with Gasteiger partial charge in [-0.25, -0.2) is 9.18 Å². The van der Waals surface area contributed by atoms with E-state index in [1.165, 1.54) is 6.07 Å². The molecule has 2 rings (SSSR count). The average molecular weight is 292 g/mol. The molecular formula is C12H12F4N2O2. The van der Waals surface area contributed by atoms with Crippen LogP contribution in [0.2, 0.25) is 0 Å². The van der Waals surface area contributed by atoms with Crippen LogP contribution in [-0.2, 0) is 10.9 Å². The Hall–Kier alpha value is -1.99. The van der Waals surface area contributed by atoms with E-state index in [0.29, 0.717) is 13.0 Å². The van der Waals surface area contributed by atoms with Gasteiger partial charge in [0.05, 0.1) is 12.1 Å². The van der Waals surface area contributed by atoms with E-state index in [2.05, 4.69) is 0 Å². The first-order valence-electron chi connectivity index (χ1n) is 5.85. The zero-order chi connectivity index (χ0) is 14.9. The SMILES string of the molecule is NC(=O)O[C@@H]1CCN(c2ccc(F)c(C(F)(F)F)c2)C1. The molecule has 1 aliphatic rings. The van der Waals surface area contributed by atoms with Crippen molar-refractivity contribution in [1.82, 2.24) is 0 Å². The van der Waals surface area contributed by atoms with Crippen molar-refractivity contribution in [2.45, 2.75) is 18.7 Å². The summed E-state index contributed by atoms with van der Waals surface area (Å²) >= 11 is 0. The summed E-state index contributed by atoms with van der Waals surface area (Å²) in [6, 6.07) is 2.79. The average Bonchev–Trinajstić information content (AvgIpc) is 2.75. The summed E-state index contributed by atoms with van der Waals surface area (Å²) in [5.41, 5.74) is 3.80. The van der Waals surface area contributed by atoms with Gasteiger partial charge in [0.2, 0.25) is 0 Å². The van der Waals surface area contributed by atoms with Gasteiger partial charge >= 0.3 is 12.3 Å². The lowest BCUT2D eigenvalue weighted by molar-refractivity contribution is -0.139. The molecule has 1 heterocycles. The Balaban J connectivity index is 2.17. The minimum atomic E-state index is -4.75. The minimum Gasteiger partial charge on any atom is -0.444 e. The number of primary amides is 1. The van der Waals surface area contributed by atoms with Gasteiger partial charge in [0, 0.05) is 18.7 Å². The third-order valence-corrected chi connectivity index (χ3v) is 3.05. The van der Waals surface area contributed by atoms with Crippen LogP contribution in [0.15, 0.2) is 18.2 Å². The van der Waals surface area contributed by atoms with Crippen LogP contribution in [0.4, 0.5) is 28.0 Å². The number of rotatable bonds is 2. The molecule has 1 aromatic rings. The van der Waals surface area contributed by atoms with E-state index in [0.717, 1.165) is 12.1 Å². The third kappa shape index (κ3) is 3.12. The van der Waals surface area contributed by atoms with Crippen molar-refractivity contribution < 1.29 is 27.1 Å². The lowest BCUT2D eigenvalue weighted by atomic mass is 10.1. The largest absolute Gasteiger partial charge is 0.444 e. The Bertz CT molecular complexity index is 519. The van der Waals surface area contributed by atoms with Gasteiger partial charge in [-0.1, -0.05) is 0 Å². The molecule has 1 aliphatic heterocycles. The highest BCUT2D eigenvalue weighted by molar-refractivity contribution is 5.65. The number of nitrogens with two attached hydrogens (primary N) is 1. The molecule has 0 radical (unpaired) electrons. The molecule has 1 saturated heterocycles. The summed E-state index contributed by atoms with van der Waals surface area (Å²) < 4.78 is 55.8. The van der Waals surface area contributed by atoms with Gasteiger partial charge in [-0.05, 0) is 18.2 Å². The zero-order valence-electron chi connectivity index (χ0n) is 10.3. The predicted octanol–water partition coefficient (Wildman–Crippen LogP) is 2.52. The summed E-state index contributed by atoms with van der Waals surface area (Å²) in [5, 5.41) is 0. The molecule has 0 aromatic heterocycles. The Morgan fingerprint density at radius 3 is 2.70 bits per heavy atom. The fourth-order valence-corrected chi connectivity index (χ4v) is 2.15. The van der Waals surface area contributed by atoms with Crippen molar-refractivity contribution in [3.8, 4) is 0 Å². The number of ether oxygens (including phenoxy) is 1. The fourth-order valence-electron chi connectivity index (χ4n) is 2.15. The minimum absolute atomic E-state index is 0.228. The molecule has 0 saturated carbocycles. The topological polar surface area (TPSA) is 55.6 Å². The maximum Gasteiger partial charge on any atom is 0.419 e. The maximum atomic E-state index is 13.2. The summed E-state index contributed by atoms with van der Waals surface area (Å²) in [6.07, 6.45) is -5.68. The second kappa shape index (κ2) is 5.18. The molecule has 1 fully saturated rings. The normalized spacial score (nSPS) is 19.2. The number of amides is 1. The van der Waals surface area contributed by atoms with Crippen molar-refractivity contribution in [1.29, 1.82) is 0 Å². The van der Waals surface area contributed by atoms with Crippen LogP contribution in [-0.4, -0.2) is 25.3 Å². The van der Waals surface area contributed by atoms with Crippen LogP contribution in [0.5, 0.6) is 0 Å². The first-order chi connectivity index (χ1) is 9.27. The zero-order valence-corrected chi connectivity index (χ0v) is 10.3. The Kier molecular flexibility index (Phi) is 3.74. The lowest BCUT2D eigenvalue weighted by Gasteiger charge is -2.20. The van der Waals surface area contributed by atoms with Crippen molar-refractivity contribution in [3.05, 3.63) is 29.6 Å².